The molecule has 3 aromatic carbocycles. The van der Waals surface area contributed by atoms with E-state index in [0.717, 1.165) is 22.0 Å². The van der Waals surface area contributed by atoms with Gasteiger partial charge in [0.25, 0.3) is 0 Å². The zero-order valence-electron chi connectivity index (χ0n) is 16.1. The summed E-state index contributed by atoms with van der Waals surface area (Å²) in [5.74, 6) is -0.218. The van der Waals surface area contributed by atoms with Gasteiger partial charge in [0.15, 0.2) is 5.75 Å². The summed E-state index contributed by atoms with van der Waals surface area (Å²) in [7, 11) is 0. The molecule has 0 radical (unpaired) electrons. The van der Waals surface area contributed by atoms with E-state index in [9.17, 15) is 10.1 Å². The summed E-state index contributed by atoms with van der Waals surface area (Å²) in [4.78, 5) is 14.3. The van der Waals surface area contributed by atoms with Crippen LogP contribution < -0.4 is 4.74 Å². The molecular formula is C23H17Cl3N2O3. The molecule has 0 fully saturated rings. The maximum Gasteiger partial charge on any atom is 0.214 e. The van der Waals surface area contributed by atoms with Crippen LogP contribution in [-0.2, 0) is 6.61 Å². The summed E-state index contributed by atoms with van der Waals surface area (Å²) in [5.41, 5.74) is 3.15. The predicted octanol–water partition coefficient (Wildman–Crippen LogP) is 7.12. The first-order valence-corrected chi connectivity index (χ1v) is 10.6. The molecule has 0 saturated heterocycles. The van der Waals surface area contributed by atoms with Crippen molar-refractivity contribution in [1.29, 1.82) is 0 Å². The van der Waals surface area contributed by atoms with Crippen LogP contribution in [0.3, 0.4) is 0 Å². The van der Waals surface area contributed by atoms with Crippen LogP contribution in [0.25, 0.3) is 10.9 Å². The summed E-state index contributed by atoms with van der Waals surface area (Å²) in [6, 6.07) is 18.3. The third-order valence-electron chi connectivity index (χ3n) is 5.08. The number of fused-ring (bicyclic) bond motifs is 1. The van der Waals surface area contributed by atoms with Gasteiger partial charge >= 0.3 is 0 Å². The minimum Gasteiger partial charge on any atom is -0.486 e. The molecule has 0 spiro atoms. The first kappa shape index (κ1) is 21.5. The summed E-state index contributed by atoms with van der Waals surface area (Å²) < 4.78 is 5.82. The van der Waals surface area contributed by atoms with Gasteiger partial charge in [-0.2, -0.15) is 0 Å². The standard InChI is InChI=1S/C23H17Cl3N2O3/c24-19-7-3-1-5-14(19)13-31-23-20(25)9-15(10-21(23)26)18(12-28(29)30)17-11-27-22-8-4-2-6-16(17)22/h1-11,18,27H,12-13H2/t18-/m1/s1. The van der Waals surface area contributed by atoms with Crippen molar-refractivity contribution in [1.82, 2.24) is 4.98 Å². The summed E-state index contributed by atoms with van der Waals surface area (Å²) in [6.07, 6.45) is 1.79. The number of nitrogens with one attached hydrogen (secondary N) is 1. The first-order valence-electron chi connectivity index (χ1n) is 9.47. The molecule has 1 aromatic heterocycles. The number of aromatic amines is 1. The molecule has 1 N–H and O–H groups in total. The number of ether oxygens (including phenoxy) is 1. The summed E-state index contributed by atoms with van der Waals surface area (Å²) in [5, 5.41) is 13.5. The highest BCUT2D eigenvalue weighted by molar-refractivity contribution is 6.37. The van der Waals surface area contributed by atoms with Gasteiger partial charge in [-0.05, 0) is 35.4 Å². The molecule has 4 rings (SSSR count). The molecule has 31 heavy (non-hydrogen) atoms. The Bertz CT molecular complexity index is 1230. The molecule has 0 saturated carbocycles. The number of hydrogen-bond donors (Lipinski definition) is 1. The van der Waals surface area contributed by atoms with E-state index in [1.165, 1.54) is 0 Å². The maximum absolute atomic E-state index is 11.4. The van der Waals surface area contributed by atoms with E-state index in [2.05, 4.69) is 4.98 Å². The predicted molar refractivity (Wildman–Crippen MR) is 124 cm³/mol. The van der Waals surface area contributed by atoms with Crippen molar-refractivity contribution in [3.05, 3.63) is 109 Å². The third-order valence-corrected chi connectivity index (χ3v) is 6.01. The van der Waals surface area contributed by atoms with Crippen molar-refractivity contribution in [2.75, 3.05) is 6.54 Å². The van der Waals surface area contributed by atoms with Gasteiger partial charge in [-0.3, -0.25) is 10.1 Å². The molecule has 0 aliphatic carbocycles. The Kier molecular flexibility index (Phi) is 6.37. The molecule has 0 aliphatic heterocycles. The van der Waals surface area contributed by atoms with Crippen molar-refractivity contribution in [3.8, 4) is 5.75 Å². The van der Waals surface area contributed by atoms with Crippen molar-refractivity contribution in [2.24, 2.45) is 0 Å². The highest BCUT2D eigenvalue weighted by Gasteiger charge is 2.25. The van der Waals surface area contributed by atoms with E-state index in [1.54, 1.807) is 24.4 Å². The third kappa shape index (κ3) is 4.64. The minimum absolute atomic E-state index is 0.194. The van der Waals surface area contributed by atoms with Crippen LogP contribution in [0.5, 0.6) is 5.75 Å². The average molecular weight is 476 g/mol. The van der Waals surface area contributed by atoms with E-state index in [1.807, 2.05) is 42.5 Å². The number of benzene rings is 3. The van der Waals surface area contributed by atoms with E-state index >= 15 is 0 Å². The minimum atomic E-state index is -0.529. The smallest absolute Gasteiger partial charge is 0.214 e. The number of para-hydroxylation sites is 1. The van der Waals surface area contributed by atoms with Crippen LogP contribution in [-0.4, -0.2) is 16.5 Å². The number of nitrogens with zero attached hydrogens (tertiary/aromatic N) is 1. The lowest BCUT2D eigenvalue weighted by Crippen LogP contribution is -2.14. The van der Waals surface area contributed by atoms with Crippen LogP contribution in [0, 0.1) is 10.1 Å². The number of hydrogen-bond acceptors (Lipinski definition) is 3. The fraction of sp³-hybridized carbons (Fsp3) is 0.130. The fourth-order valence-corrected chi connectivity index (χ4v) is 4.40. The zero-order valence-corrected chi connectivity index (χ0v) is 18.4. The first-order chi connectivity index (χ1) is 14.9. The number of H-pyrrole nitrogens is 1. The van der Waals surface area contributed by atoms with Crippen LogP contribution in [0.2, 0.25) is 15.1 Å². The second-order valence-electron chi connectivity index (χ2n) is 7.05. The molecule has 0 amide bonds. The molecule has 5 nitrogen and oxygen atoms in total. The van der Waals surface area contributed by atoms with Gasteiger partial charge in [0, 0.05) is 32.6 Å². The van der Waals surface area contributed by atoms with Gasteiger partial charge in [0.05, 0.1) is 16.0 Å². The number of aromatic nitrogens is 1. The van der Waals surface area contributed by atoms with Crippen LogP contribution in [0.4, 0.5) is 0 Å². The highest BCUT2D eigenvalue weighted by Crippen LogP contribution is 2.40. The summed E-state index contributed by atoms with van der Waals surface area (Å²) >= 11 is 19.1. The molecule has 8 heteroatoms. The lowest BCUT2D eigenvalue weighted by Gasteiger charge is -2.17. The van der Waals surface area contributed by atoms with Crippen molar-refractivity contribution >= 4 is 45.7 Å². The second kappa shape index (κ2) is 9.18. The normalized spacial score (nSPS) is 12.1. The number of nitro groups is 1. The maximum atomic E-state index is 11.4. The molecule has 1 heterocycles. The molecular weight excluding hydrogens is 459 g/mol. The van der Waals surface area contributed by atoms with Crippen LogP contribution in [0.15, 0.2) is 66.9 Å². The van der Waals surface area contributed by atoms with Crippen LogP contribution >= 0.6 is 34.8 Å². The molecule has 0 bridgehead atoms. The molecule has 0 unspecified atom stereocenters. The van der Waals surface area contributed by atoms with Crippen molar-refractivity contribution < 1.29 is 9.66 Å². The second-order valence-corrected chi connectivity index (χ2v) is 8.27. The highest BCUT2D eigenvalue weighted by atomic mass is 35.5. The largest absolute Gasteiger partial charge is 0.486 e. The molecule has 1 atom stereocenters. The molecule has 0 aliphatic rings. The Labute approximate surface area is 193 Å². The van der Waals surface area contributed by atoms with E-state index in [0.29, 0.717) is 16.3 Å². The van der Waals surface area contributed by atoms with Gasteiger partial charge in [-0.1, -0.05) is 71.2 Å². The Morgan fingerprint density at radius 1 is 0.968 bits per heavy atom. The van der Waals surface area contributed by atoms with Gasteiger partial charge in [-0.15, -0.1) is 0 Å². The Balaban J connectivity index is 1.68. The van der Waals surface area contributed by atoms with Gasteiger partial charge in [0.1, 0.15) is 6.61 Å². The Morgan fingerprint density at radius 2 is 1.65 bits per heavy atom. The Hall–Kier alpha value is -2.73. The monoisotopic (exact) mass is 474 g/mol. The lowest BCUT2D eigenvalue weighted by molar-refractivity contribution is -0.481. The van der Waals surface area contributed by atoms with E-state index in [-0.39, 0.29) is 28.1 Å². The fourth-order valence-electron chi connectivity index (χ4n) is 3.60. The SMILES string of the molecule is O=[N+]([O-])C[C@H](c1cc(Cl)c(OCc2ccccc2Cl)c(Cl)c1)c1c[nH]c2ccccc12. The molecule has 4 aromatic rings. The number of rotatable bonds is 7. The molecule has 158 valence electrons. The van der Waals surface area contributed by atoms with Gasteiger partial charge < -0.3 is 9.72 Å². The average Bonchev–Trinajstić information content (AvgIpc) is 3.16. The lowest BCUT2D eigenvalue weighted by atomic mass is 9.91. The van der Waals surface area contributed by atoms with Crippen molar-refractivity contribution in [2.45, 2.75) is 12.5 Å². The van der Waals surface area contributed by atoms with E-state index in [4.69, 9.17) is 39.5 Å². The number of halogens is 3. The van der Waals surface area contributed by atoms with Gasteiger partial charge in [-0.25, -0.2) is 0 Å². The quantitative estimate of drug-likeness (QED) is 0.229. The van der Waals surface area contributed by atoms with Gasteiger partial charge in [0.2, 0.25) is 6.54 Å². The zero-order chi connectivity index (χ0) is 22.0. The Morgan fingerprint density at radius 3 is 2.35 bits per heavy atom. The summed E-state index contributed by atoms with van der Waals surface area (Å²) in [6.45, 7) is -0.104. The van der Waals surface area contributed by atoms with Crippen LogP contribution in [0.1, 0.15) is 22.6 Å². The van der Waals surface area contributed by atoms with E-state index < -0.39 is 5.92 Å². The van der Waals surface area contributed by atoms with Crippen molar-refractivity contribution in [3.63, 3.8) is 0 Å². The topological polar surface area (TPSA) is 68.2 Å².